The van der Waals surface area contributed by atoms with Crippen LogP contribution in [0.15, 0.2) is 42.0 Å². The number of rotatable bonds is 2. The first-order chi connectivity index (χ1) is 8.69. The van der Waals surface area contributed by atoms with E-state index in [9.17, 15) is 0 Å². The van der Waals surface area contributed by atoms with Crippen molar-refractivity contribution in [3.8, 4) is 0 Å². The molecule has 0 fully saturated rings. The quantitative estimate of drug-likeness (QED) is 0.588. The molecule has 2 rings (SSSR count). The minimum atomic E-state index is -0.575. The van der Waals surface area contributed by atoms with Gasteiger partial charge in [-0.15, -0.1) is 0 Å². The maximum atomic E-state index is 2.38. The molecule has 0 aromatic heterocycles. The van der Waals surface area contributed by atoms with E-state index < -0.39 is 23.2 Å². The fourth-order valence-electron chi connectivity index (χ4n) is 2.83. The predicted molar refractivity (Wildman–Crippen MR) is 80.5 cm³/mol. The summed E-state index contributed by atoms with van der Waals surface area (Å²) in [4.78, 5) is 0. The number of allylic oxidation sites excluding steroid dienone is 8. The van der Waals surface area contributed by atoms with Crippen molar-refractivity contribution in [1.29, 1.82) is 0 Å². The van der Waals surface area contributed by atoms with Gasteiger partial charge in [0.15, 0.2) is 0 Å². The Morgan fingerprint density at radius 2 is 1.05 bits per heavy atom. The van der Waals surface area contributed by atoms with Crippen molar-refractivity contribution in [3.63, 3.8) is 0 Å². The summed E-state index contributed by atoms with van der Waals surface area (Å²) in [5.41, 5.74) is 3.90. The molecule has 21 heavy (non-hydrogen) atoms. The van der Waals surface area contributed by atoms with Gasteiger partial charge in [0.05, 0.1) is 0 Å². The molecule has 0 saturated heterocycles. The van der Waals surface area contributed by atoms with Crippen molar-refractivity contribution < 1.29 is 48.0 Å². The van der Waals surface area contributed by atoms with Gasteiger partial charge in [0, 0.05) is 0 Å². The maximum Gasteiger partial charge on any atom is -1.00 e. The first-order valence-electron chi connectivity index (χ1n) is 7.27. The predicted octanol–water partition coefficient (Wildman–Crippen LogP) is -0.403. The van der Waals surface area contributed by atoms with Crippen molar-refractivity contribution in [2.45, 2.75) is 54.4 Å². The number of hydrogen-bond acceptors (Lipinski definition) is 0. The minimum absolute atomic E-state index is 0. The Morgan fingerprint density at radius 3 is 1.33 bits per heavy atom. The topological polar surface area (TPSA) is 0 Å². The Morgan fingerprint density at radius 1 is 0.714 bits per heavy atom. The van der Waals surface area contributed by atoms with Gasteiger partial charge in [-0.1, -0.05) is 0 Å². The Bertz CT molecular complexity index is 448. The molecule has 3 heteroatoms. The molecule has 0 radical (unpaired) electrons. The van der Waals surface area contributed by atoms with Crippen molar-refractivity contribution in [2.75, 3.05) is 0 Å². The van der Waals surface area contributed by atoms with Gasteiger partial charge >= 0.3 is 130 Å². The van der Waals surface area contributed by atoms with Gasteiger partial charge in [0.25, 0.3) is 0 Å². The average Bonchev–Trinajstić information content (AvgIpc) is 2.83. The number of hydrogen-bond donors (Lipinski definition) is 0. The molecule has 0 aromatic carbocycles. The molecule has 2 aliphatic rings. The smallest absolute Gasteiger partial charge is 1.00 e. The molecule has 0 heterocycles. The Hall–Kier alpha value is 0.423. The summed E-state index contributed by atoms with van der Waals surface area (Å²) in [6, 6.07) is 0. The summed E-state index contributed by atoms with van der Waals surface area (Å²) < 4.78 is 3.60. The van der Waals surface area contributed by atoms with E-state index in [2.05, 4.69) is 65.8 Å². The monoisotopic (exact) mass is 402 g/mol. The third kappa shape index (κ3) is 5.23. The summed E-state index contributed by atoms with van der Waals surface area (Å²) in [6.45, 7) is 14.1. The van der Waals surface area contributed by atoms with Crippen LogP contribution in [0.3, 0.4) is 0 Å². The second-order valence-corrected chi connectivity index (χ2v) is 11.2. The summed E-state index contributed by atoms with van der Waals surface area (Å²) in [7, 11) is 0. The Balaban J connectivity index is 0.00000200. The van der Waals surface area contributed by atoms with Gasteiger partial charge in [0.2, 0.25) is 0 Å². The normalized spacial score (nSPS) is 17.8. The second kappa shape index (κ2) is 7.80. The first kappa shape index (κ1) is 21.4. The van der Waals surface area contributed by atoms with Crippen molar-refractivity contribution in [1.82, 2.24) is 0 Å². The zero-order valence-corrected chi connectivity index (χ0v) is 17.9. The van der Waals surface area contributed by atoms with Gasteiger partial charge in [-0.05, 0) is 0 Å². The molecule has 0 aliphatic heterocycles. The van der Waals surface area contributed by atoms with Crippen LogP contribution in [0.5, 0.6) is 0 Å². The summed E-state index contributed by atoms with van der Waals surface area (Å²) >= 11 is -0.575. The molecular weight excluding hydrogens is 378 g/mol. The van der Waals surface area contributed by atoms with E-state index >= 15 is 0 Å². The standard InChI is InChI=1S/2C9H13.2ClH.Zr/c2*1-9(2,3)8-6-4-5-7-8;;;/h2*4,6H,5H2,1-3H3;2*1H;/q;;;;+2/p-2. The van der Waals surface area contributed by atoms with Crippen molar-refractivity contribution in [3.05, 3.63) is 42.0 Å². The molecule has 0 bridgehead atoms. The number of halogens is 2. The zero-order chi connectivity index (χ0) is 14.3. The molecule has 0 nitrogen and oxygen atoms in total. The molecule has 0 saturated carbocycles. The summed E-state index contributed by atoms with van der Waals surface area (Å²) in [5.74, 6) is 0. The van der Waals surface area contributed by atoms with Crippen LogP contribution >= 0.6 is 0 Å². The van der Waals surface area contributed by atoms with E-state index in [0.717, 1.165) is 0 Å². The largest absolute Gasteiger partial charge is 1.00 e. The third-order valence-electron chi connectivity index (χ3n) is 3.78. The fourth-order valence-corrected chi connectivity index (χ4v) is 7.73. The summed E-state index contributed by atoms with van der Waals surface area (Å²) in [6.07, 6.45) is 12.0. The van der Waals surface area contributed by atoms with Crippen LogP contribution in [-0.4, -0.2) is 0 Å². The van der Waals surface area contributed by atoms with E-state index in [1.54, 1.807) is 17.7 Å². The van der Waals surface area contributed by atoms with Crippen LogP contribution < -0.4 is 24.8 Å². The molecule has 0 atom stereocenters. The van der Waals surface area contributed by atoms with Crippen LogP contribution in [0.1, 0.15) is 54.4 Å². The van der Waals surface area contributed by atoms with E-state index in [1.807, 2.05) is 0 Å². The first-order valence-corrected chi connectivity index (χ1v) is 9.73. The maximum absolute atomic E-state index is 2.38. The van der Waals surface area contributed by atoms with Crippen LogP contribution in [0.25, 0.3) is 0 Å². The van der Waals surface area contributed by atoms with Gasteiger partial charge in [-0.25, -0.2) is 0 Å². The zero-order valence-electron chi connectivity index (χ0n) is 14.0. The van der Waals surface area contributed by atoms with Crippen LogP contribution in [0, 0.1) is 10.8 Å². The second-order valence-electron chi connectivity index (χ2n) is 7.62. The van der Waals surface area contributed by atoms with Crippen LogP contribution in [-0.2, 0) is 23.2 Å². The Kier molecular flexibility index (Phi) is 7.96. The van der Waals surface area contributed by atoms with Crippen molar-refractivity contribution >= 4 is 0 Å². The SMILES string of the molecule is CC(C)(C)C1=[C]([Zr+2][C]2=C(C(C)(C)C)C=CC2)CC=C1.[Cl-].[Cl-]. The van der Waals surface area contributed by atoms with E-state index in [1.165, 1.54) is 12.8 Å². The Labute approximate surface area is 154 Å². The molecule has 0 spiro atoms. The van der Waals surface area contributed by atoms with Crippen molar-refractivity contribution in [2.24, 2.45) is 10.8 Å². The molecule has 116 valence electrons. The van der Waals surface area contributed by atoms with E-state index in [4.69, 9.17) is 0 Å². The van der Waals surface area contributed by atoms with Gasteiger partial charge in [0.1, 0.15) is 0 Å². The summed E-state index contributed by atoms with van der Waals surface area (Å²) in [5, 5.41) is 0. The molecule has 2 aliphatic carbocycles. The van der Waals surface area contributed by atoms with E-state index in [-0.39, 0.29) is 24.8 Å². The molecular formula is C18H26Cl2Zr. The average molecular weight is 405 g/mol. The minimum Gasteiger partial charge on any atom is -1.00 e. The molecule has 0 unspecified atom stereocenters. The molecule has 0 amide bonds. The van der Waals surface area contributed by atoms with E-state index in [0.29, 0.717) is 10.8 Å². The molecule has 0 N–H and O–H groups in total. The van der Waals surface area contributed by atoms with Crippen LogP contribution in [0.4, 0.5) is 0 Å². The van der Waals surface area contributed by atoms with Gasteiger partial charge in [-0.3, -0.25) is 0 Å². The van der Waals surface area contributed by atoms with Gasteiger partial charge < -0.3 is 24.8 Å². The third-order valence-corrected chi connectivity index (χ3v) is 7.59. The fraction of sp³-hybridized carbons (Fsp3) is 0.556. The molecule has 0 aromatic rings. The van der Waals surface area contributed by atoms with Gasteiger partial charge in [-0.2, -0.15) is 0 Å². The van der Waals surface area contributed by atoms with Crippen LogP contribution in [0.2, 0.25) is 0 Å².